The van der Waals surface area contributed by atoms with E-state index in [1.54, 1.807) is 42.2 Å². The van der Waals surface area contributed by atoms with Gasteiger partial charge in [-0.3, -0.25) is 14.6 Å². The number of likely N-dealkylation sites (tertiary alicyclic amines) is 1. The molecule has 0 bridgehead atoms. The Morgan fingerprint density at radius 3 is 2.48 bits per heavy atom. The smallest absolute Gasteiger partial charge is 0.320 e. The number of hydrogen-bond acceptors (Lipinski definition) is 9. The number of rotatable bonds is 8. The van der Waals surface area contributed by atoms with E-state index in [4.69, 9.17) is 4.74 Å². The third-order valence-corrected chi connectivity index (χ3v) is 11.2. The van der Waals surface area contributed by atoms with E-state index >= 15 is 4.79 Å². The Morgan fingerprint density at radius 1 is 1.04 bits per heavy atom. The largest absolute Gasteiger partial charge is 0.478 e. The lowest BCUT2D eigenvalue weighted by atomic mass is 9.83. The lowest BCUT2D eigenvalue weighted by Gasteiger charge is -2.47. The fourth-order valence-electron chi connectivity index (χ4n) is 7.09. The summed E-state index contributed by atoms with van der Waals surface area (Å²) in [6.07, 6.45) is 3.83. The Kier molecular flexibility index (Phi) is 9.42. The highest BCUT2D eigenvalue weighted by molar-refractivity contribution is 7.93. The van der Waals surface area contributed by atoms with Crippen LogP contribution in [0.3, 0.4) is 0 Å². The first-order valence-corrected chi connectivity index (χ1v) is 17.9. The van der Waals surface area contributed by atoms with Gasteiger partial charge in [0.25, 0.3) is 15.9 Å². The van der Waals surface area contributed by atoms with Crippen molar-refractivity contribution in [2.45, 2.75) is 62.7 Å². The molecule has 3 amide bonds. The number of aromatic nitrogens is 1. The second-order valence-corrected chi connectivity index (χ2v) is 14.3. The number of benzene rings is 2. The Balaban J connectivity index is 1.49. The zero-order valence-electron chi connectivity index (χ0n) is 27.5. The molecule has 48 heavy (non-hydrogen) atoms. The number of piperidine rings is 1. The van der Waals surface area contributed by atoms with Crippen molar-refractivity contribution in [1.82, 2.24) is 25.0 Å². The van der Waals surface area contributed by atoms with Crippen LogP contribution >= 0.6 is 0 Å². The van der Waals surface area contributed by atoms with E-state index in [2.05, 4.69) is 40.0 Å². The third-order valence-electron chi connectivity index (χ3n) is 9.52. The monoisotopic (exact) mass is 671 g/mol. The van der Waals surface area contributed by atoms with Crippen molar-refractivity contribution in [2.75, 3.05) is 43.6 Å². The van der Waals surface area contributed by atoms with Gasteiger partial charge in [0, 0.05) is 50.5 Å². The second kappa shape index (κ2) is 13.5. The minimum absolute atomic E-state index is 0.0365. The summed E-state index contributed by atoms with van der Waals surface area (Å²) >= 11 is 0. The van der Waals surface area contributed by atoms with Gasteiger partial charge in [-0.15, -0.1) is 0 Å². The van der Waals surface area contributed by atoms with Crippen molar-refractivity contribution in [1.29, 1.82) is 5.26 Å². The summed E-state index contributed by atoms with van der Waals surface area (Å²) in [5.74, 6) is -0.848. The van der Waals surface area contributed by atoms with Crippen molar-refractivity contribution in [2.24, 2.45) is 0 Å². The molecule has 12 nitrogen and oxygen atoms in total. The highest BCUT2D eigenvalue weighted by Gasteiger charge is 2.59. The van der Waals surface area contributed by atoms with Gasteiger partial charge in [-0.05, 0) is 82.5 Å². The highest BCUT2D eigenvalue weighted by atomic mass is 32.2. The molecular weight excluding hydrogens is 630 g/mol. The van der Waals surface area contributed by atoms with Gasteiger partial charge in [0.1, 0.15) is 0 Å². The Bertz CT molecular complexity index is 1820. The molecule has 3 aliphatic heterocycles. The van der Waals surface area contributed by atoms with Crippen LogP contribution in [0, 0.1) is 11.3 Å². The highest BCUT2D eigenvalue weighted by Crippen LogP contribution is 2.49. The first kappa shape index (κ1) is 33.4. The Labute approximate surface area is 281 Å². The number of ether oxygens (including phenoxy) is 1. The zero-order valence-corrected chi connectivity index (χ0v) is 28.3. The molecular formula is C35H41N7O5S. The number of pyridine rings is 1. The number of carbonyl (C=O) groups excluding carboxylic acids is 2. The fraction of sp³-hybridized carbons (Fsp3) is 0.429. The van der Waals surface area contributed by atoms with E-state index in [0.717, 1.165) is 49.7 Å². The standard InChI is InChI=1S/C35H41N7O5S/c1-4-47-32-28(13-10-17-37-32)35(38-34(44)41-18-9-8-14-31(41)40-21-19-39(20-22-40)25(2)3)29-23-26(24-36)15-16-30(29)42(33(35)43)48(45,46)27-11-6-5-7-12-27/h5-7,10-13,15-17,23,25,31H,4,8-9,14,18-22H2,1-3H3,(H,38,44). The molecule has 1 aromatic heterocycles. The van der Waals surface area contributed by atoms with Gasteiger partial charge in [0.05, 0.1) is 40.6 Å². The molecule has 2 saturated heterocycles. The maximum absolute atomic E-state index is 15.1. The van der Waals surface area contributed by atoms with Crippen molar-refractivity contribution in [3.05, 3.63) is 83.6 Å². The number of fused-ring (bicyclic) bond motifs is 1. The molecule has 0 saturated carbocycles. The molecule has 0 aliphatic carbocycles. The summed E-state index contributed by atoms with van der Waals surface area (Å²) in [5.41, 5.74) is -1.54. The first-order valence-electron chi connectivity index (χ1n) is 16.5. The summed E-state index contributed by atoms with van der Waals surface area (Å²) < 4.78 is 35.2. The van der Waals surface area contributed by atoms with Gasteiger partial charge in [-0.25, -0.2) is 18.2 Å². The van der Waals surface area contributed by atoms with Crippen molar-refractivity contribution >= 4 is 27.6 Å². The van der Waals surface area contributed by atoms with Crippen LogP contribution in [0.15, 0.2) is 71.8 Å². The molecule has 4 heterocycles. The zero-order chi connectivity index (χ0) is 34.1. The predicted octanol–water partition coefficient (Wildman–Crippen LogP) is 3.88. The van der Waals surface area contributed by atoms with E-state index in [0.29, 0.717) is 12.6 Å². The maximum Gasteiger partial charge on any atom is 0.320 e. The summed E-state index contributed by atoms with van der Waals surface area (Å²) in [6, 6.07) is 17.3. The van der Waals surface area contributed by atoms with Crippen LogP contribution in [-0.2, 0) is 20.4 Å². The number of nitrogens with zero attached hydrogens (tertiary/aromatic N) is 6. The average molecular weight is 672 g/mol. The molecule has 0 radical (unpaired) electrons. The van der Waals surface area contributed by atoms with E-state index in [-0.39, 0.29) is 45.9 Å². The quantitative estimate of drug-likeness (QED) is 0.378. The third kappa shape index (κ3) is 5.78. The minimum atomic E-state index is -4.46. The lowest BCUT2D eigenvalue weighted by Crippen LogP contribution is -2.64. The number of sulfonamides is 1. The molecule has 252 valence electrons. The molecule has 6 rings (SSSR count). The Hall–Kier alpha value is -4.51. The molecule has 2 fully saturated rings. The number of hydrogen-bond donors (Lipinski definition) is 1. The van der Waals surface area contributed by atoms with Gasteiger partial charge >= 0.3 is 6.03 Å². The van der Waals surface area contributed by atoms with E-state index in [1.165, 1.54) is 36.5 Å². The molecule has 0 spiro atoms. The van der Waals surface area contributed by atoms with Gasteiger partial charge < -0.3 is 15.0 Å². The van der Waals surface area contributed by atoms with Crippen LogP contribution in [0.2, 0.25) is 0 Å². The first-order chi connectivity index (χ1) is 23.1. The molecule has 3 aromatic rings. The normalized spacial score (nSPS) is 22.0. The SMILES string of the molecule is CCOc1ncccc1C1(NC(=O)N2CCCCC2N2CCN(C(C)C)CC2)C(=O)N(S(=O)(=O)c2ccccc2)c2ccc(C#N)cc21. The van der Waals surface area contributed by atoms with Crippen molar-refractivity contribution in [3.8, 4) is 11.9 Å². The summed E-state index contributed by atoms with van der Waals surface area (Å²) in [4.78, 5) is 40.6. The number of nitrogens with one attached hydrogen (secondary N) is 1. The molecule has 1 N–H and O–H groups in total. The summed E-state index contributed by atoms with van der Waals surface area (Å²) in [6.45, 7) is 10.2. The van der Waals surface area contributed by atoms with Gasteiger partial charge in [0.2, 0.25) is 5.88 Å². The van der Waals surface area contributed by atoms with Crippen LogP contribution < -0.4 is 14.4 Å². The van der Waals surface area contributed by atoms with Crippen LogP contribution in [0.5, 0.6) is 5.88 Å². The number of urea groups is 1. The molecule has 2 atom stereocenters. The topological polar surface area (TPSA) is 139 Å². The number of amides is 3. The van der Waals surface area contributed by atoms with Gasteiger partial charge in [-0.2, -0.15) is 9.57 Å². The number of carbonyl (C=O) groups is 2. The van der Waals surface area contributed by atoms with Crippen LogP contribution in [0.4, 0.5) is 10.5 Å². The van der Waals surface area contributed by atoms with E-state index in [9.17, 15) is 18.5 Å². The summed E-state index contributed by atoms with van der Waals surface area (Å²) in [5, 5.41) is 13.0. The van der Waals surface area contributed by atoms with Crippen molar-refractivity contribution < 1.29 is 22.7 Å². The number of nitriles is 1. The van der Waals surface area contributed by atoms with Crippen LogP contribution in [0.25, 0.3) is 0 Å². The van der Waals surface area contributed by atoms with Crippen LogP contribution in [0.1, 0.15) is 56.7 Å². The molecule has 3 aliphatic rings. The maximum atomic E-state index is 15.1. The number of piperazine rings is 1. The molecule has 2 unspecified atom stereocenters. The van der Waals surface area contributed by atoms with Crippen LogP contribution in [-0.4, -0.2) is 91.6 Å². The molecule has 13 heteroatoms. The van der Waals surface area contributed by atoms with Crippen molar-refractivity contribution in [3.63, 3.8) is 0 Å². The Morgan fingerprint density at radius 2 is 1.79 bits per heavy atom. The molecule has 2 aromatic carbocycles. The van der Waals surface area contributed by atoms with Gasteiger partial charge in [-0.1, -0.05) is 18.2 Å². The van der Waals surface area contributed by atoms with Gasteiger partial charge in [0.15, 0.2) is 5.54 Å². The lowest BCUT2D eigenvalue weighted by molar-refractivity contribution is -0.121. The summed E-state index contributed by atoms with van der Waals surface area (Å²) in [7, 11) is -4.46. The predicted molar refractivity (Wildman–Crippen MR) is 180 cm³/mol. The average Bonchev–Trinajstić information content (AvgIpc) is 3.36. The fourth-order valence-corrected chi connectivity index (χ4v) is 8.57. The number of anilines is 1. The minimum Gasteiger partial charge on any atom is -0.478 e. The second-order valence-electron chi connectivity index (χ2n) is 12.5. The van der Waals surface area contributed by atoms with E-state index in [1.807, 2.05) is 0 Å². The van der Waals surface area contributed by atoms with E-state index < -0.39 is 27.5 Å².